The number of aliphatic hydroxyl groups is 1. The van der Waals surface area contributed by atoms with Gasteiger partial charge in [-0.3, -0.25) is 9.69 Å². The molecule has 0 unspecified atom stereocenters. The maximum atomic E-state index is 15.1. The lowest BCUT2D eigenvalue weighted by molar-refractivity contribution is 0.0454. The Morgan fingerprint density at radius 1 is 1.30 bits per heavy atom. The number of carbonyl (C=O) groups is 1. The standard InChI is InChI=1S/C21H28F2N4O5S/c1-4-32-12-27-8-14(11-28)17(9-27)25-33(30,31)18-10-26(3)20(19(18)23)21(29)24-15-5-6-16(22)13(2)7-15/h5-7,10,14,17,25,28H,4,8-9,11-12H2,1-3H3,(H,24,29)/t14-,17-/m0/s1. The molecule has 3 rings (SSSR count). The van der Waals surface area contributed by atoms with Gasteiger partial charge >= 0.3 is 0 Å². The molecular weight excluding hydrogens is 458 g/mol. The van der Waals surface area contributed by atoms with E-state index in [1.807, 2.05) is 11.8 Å². The number of likely N-dealkylation sites (tertiary alicyclic amines) is 1. The second-order valence-corrected chi connectivity index (χ2v) is 9.70. The number of rotatable bonds is 9. The number of ether oxygens (including phenoxy) is 1. The lowest BCUT2D eigenvalue weighted by Crippen LogP contribution is -2.41. The number of amides is 1. The summed E-state index contributed by atoms with van der Waals surface area (Å²) in [5, 5.41) is 12.1. The van der Waals surface area contributed by atoms with Crippen molar-refractivity contribution in [3.8, 4) is 0 Å². The summed E-state index contributed by atoms with van der Waals surface area (Å²) in [6, 6.07) is 3.22. The number of nitrogens with one attached hydrogen (secondary N) is 2. The molecule has 0 saturated carbocycles. The highest BCUT2D eigenvalue weighted by Gasteiger charge is 2.37. The summed E-state index contributed by atoms with van der Waals surface area (Å²) in [5.41, 5.74) is 0.0506. The zero-order chi connectivity index (χ0) is 24.3. The minimum absolute atomic E-state index is 0.244. The van der Waals surface area contributed by atoms with Crippen molar-refractivity contribution in [3.05, 3.63) is 47.3 Å². The van der Waals surface area contributed by atoms with Crippen molar-refractivity contribution in [3.63, 3.8) is 0 Å². The largest absolute Gasteiger partial charge is 0.396 e. The first kappa shape index (κ1) is 25.2. The van der Waals surface area contributed by atoms with E-state index >= 15 is 4.39 Å². The van der Waals surface area contributed by atoms with Crippen LogP contribution < -0.4 is 10.0 Å². The highest BCUT2D eigenvalue weighted by Crippen LogP contribution is 2.24. The molecule has 12 heteroatoms. The summed E-state index contributed by atoms with van der Waals surface area (Å²) < 4.78 is 63.4. The van der Waals surface area contributed by atoms with Crippen molar-refractivity contribution in [2.45, 2.75) is 24.8 Å². The van der Waals surface area contributed by atoms with Crippen molar-refractivity contribution >= 4 is 21.6 Å². The lowest BCUT2D eigenvalue weighted by atomic mass is 10.1. The fraction of sp³-hybridized carbons (Fsp3) is 0.476. The minimum atomic E-state index is -4.34. The van der Waals surface area contributed by atoms with Crippen LogP contribution in [0.2, 0.25) is 0 Å². The van der Waals surface area contributed by atoms with E-state index in [4.69, 9.17) is 4.74 Å². The zero-order valence-corrected chi connectivity index (χ0v) is 19.5. The molecule has 1 aliphatic rings. The molecule has 1 aliphatic heterocycles. The summed E-state index contributed by atoms with van der Waals surface area (Å²) in [5.74, 6) is -2.92. The van der Waals surface area contributed by atoms with Crippen molar-refractivity contribution in [1.82, 2.24) is 14.2 Å². The zero-order valence-electron chi connectivity index (χ0n) is 18.6. The van der Waals surface area contributed by atoms with Gasteiger partial charge in [-0.1, -0.05) is 0 Å². The third-order valence-electron chi connectivity index (χ3n) is 5.54. The Morgan fingerprint density at radius 2 is 2.03 bits per heavy atom. The molecule has 0 bridgehead atoms. The summed E-state index contributed by atoms with van der Waals surface area (Å²) in [4.78, 5) is 13.8. The topological polar surface area (TPSA) is 113 Å². The third kappa shape index (κ3) is 5.58. The molecule has 3 N–H and O–H groups in total. The number of benzene rings is 1. The highest BCUT2D eigenvalue weighted by atomic mass is 32.2. The van der Waals surface area contributed by atoms with Gasteiger partial charge in [0.2, 0.25) is 10.0 Å². The molecule has 2 aromatic rings. The maximum absolute atomic E-state index is 15.1. The first-order valence-corrected chi connectivity index (χ1v) is 11.9. The molecule has 0 aliphatic carbocycles. The monoisotopic (exact) mass is 486 g/mol. The summed E-state index contributed by atoms with van der Waals surface area (Å²) >= 11 is 0. The van der Waals surface area contributed by atoms with Gasteiger partial charge < -0.3 is 19.7 Å². The predicted molar refractivity (Wildman–Crippen MR) is 117 cm³/mol. The molecule has 1 aromatic heterocycles. The predicted octanol–water partition coefficient (Wildman–Crippen LogP) is 1.43. The van der Waals surface area contributed by atoms with E-state index in [9.17, 15) is 22.7 Å². The number of hydrogen-bond acceptors (Lipinski definition) is 6. The molecule has 1 saturated heterocycles. The number of carbonyl (C=O) groups excluding carboxylic acids is 1. The molecule has 9 nitrogen and oxygen atoms in total. The quantitative estimate of drug-likeness (QED) is 0.494. The first-order chi connectivity index (χ1) is 15.6. The van der Waals surface area contributed by atoms with Crippen LogP contribution in [0.15, 0.2) is 29.3 Å². The van der Waals surface area contributed by atoms with Crippen LogP contribution in [0.1, 0.15) is 23.0 Å². The first-order valence-electron chi connectivity index (χ1n) is 10.4. The fourth-order valence-corrected chi connectivity index (χ4v) is 5.22. The molecule has 2 heterocycles. The molecule has 182 valence electrons. The number of hydrogen-bond donors (Lipinski definition) is 3. The van der Waals surface area contributed by atoms with Gasteiger partial charge in [0.05, 0.1) is 6.73 Å². The van der Waals surface area contributed by atoms with Crippen LogP contribution in [0.3, 0.4) is 0 Å². The van der Waals surface area contributed by atoms with E-state index in [0.29, 0.717) is 18.7 Å². The number of halogens is 2. The van der Waals surface area contributed by atoms with Gasteiger partial charge in [-0.05, 0) is 37.6 Å². The van der Waals surface area contributed by atoms with Crippen LogP contribution in [-0.2, 0) is 21.8 Å². The van der Waals surface area contributed by atoms with Gasteiger partial charge in [0, 0.05) is 57.2 Å². The third-order valence-corrected chi connectivity index (χ3v) is 7.02. The maximum Gasteiger partial charge on any atom is 0.275 e. The average molecular weight is 487 g/mol. The summed E-state index contributed by atoms with van der Waals surface area (Å²) in [6.07, 6.45) is 1.02. The SMILES string of the molecule is CCOCN1C[C@@H](CO)[C@@H](NS(=O)(=O)c2cn(C)c(C(=O)Nc3ccc(F)c(C)c3)c2F)C1. The van der Waals surface area contributed by atoms with Gasteiger partial charge in [-0.25, -0.2) is 21.9 Å². The Balaban J connectivity index is 1.80. The molecule has 2 atom stereocenters. The molecule has 0 radical (unpaired) electrons. The molecule has 0 spiro atoms. The normalized spacial score (nSPS) is 19.2. The number of aromatic nitrogens is 1. The van der Waals surface area contributed by atoms with Crippen LogP contribution >= 0.6 is 0 Å². The van der Waals surface area contributed by atoms with E-state index in [0.717, 1.165) is 10.8 Å². The fourth-order valence-electron chi connectivity index (χ4n) is 3.80. The number of aliphatic hydroxyl groups excluding tert-OH is 1. The Bertz CT molecular complexity index is 1120. The number of sulfonamides is 1. The Kier molecular flexibility index (Phi) is 7.85. The smallest absolute Gasteiger partial charge is 0.275 e. The van der Waals surface area contributed by atoms with Gasteiger partial charge in [0.1, 0.15) is 16.4 Å². The van der Waals surface area contributed by atoms with Gasteiger partial charge in [0.15, 0.2) is 5.82 Å². The van der Waals surface area contributed by atoms with Crippen molar-refractivity contribution in [1.29, 1.82) is 0 Å². The molecule has 1 amide bonds. The minimum Gasteiger partial charge on any atom is -0.396 e. The van der Waals surface area contributed by atoms with Gasteiger partial charge in [-0.2, -0.15) is 0 Å². The molecule has 1 aromatic carbocycles. The van der Waals surface area contributed by atoms with Crippen molar-refractivity contribution < 1.29 is 31.8 Å². The van der Waals surface area contributed by atoms with Crippen LogP contribution in [0, 0.1) is 24.5 Å². The Hall–Kier alpha value is -2.38. The molecular formula is C21H28F2N4O5S. The van der Waals surface area contributed by atoms with E-state index < -0.39 is 50.1 Å². The van der Waals surface area contributed by atoms with E-state index in [1.165, 1.54) is 32.2 Å². The van der Waals surface area contributed by atoms with E-state index in [-0.39, 0.29) is 25.6 Å². The number of anilines is 1. The Labute approximate surface area is 191 Å². The lowest BCUT2D eigenvalue weighted by Gasteiger charge is -2.17. The second-order valence-electron chi connectivity index (χ2n) is 8.01. The van der Waals surface area contributed by atoms with E-state index in [2.05, 4.69) is 10.0 Å². The van der Waals surface area contributed by atoms with Crippen LogP contribution in [0.5, 0.6) is 0 Å². The number of aryl methyl sites for hydroxylation is 2. The Morgan fingerprint density at radius 3 is 2.67 bits per heavy atom. The van der Waals surface area contributed by atoms with E-state index in [1.54, 1.807) is 0 Å². The van der Waals surface area contributed by atoms with Crippen LogP contribution in [0.4, 0.5) is 14.5 Å². The van der Waals surface area contributed by atoms with Gasteiger partial charge in [0.25, 0.3) is 5.91 Å². The molecule has 33 heavy (non-hydrogen) atoms. The number of nitrogens with zero attached hydrogens (tertiary/aromatic N) is 2. The summed E-state index contributed by atoms with van der Waals surface area (Å²) in [6.45, 7) is 4.59. The van der Waals surface area contributed by atoms with Crippen molar-refractivity contribution in [2.75, 3.05) is 38.4 Å². The molecule has 1 fully saturated rings. The highest BCUT2D eigenvalue weighted by molar-refractivity contribution is 7.89. The summed E-state index contributed by atoms with van der Waals surface area (Å²) in [7, 11) is -2.99. The van der Waals surface area contributed by atoms with Crippen molar-refractivity contribution in [2.24, 2.45) is 13.0 Å². The average Bonchev–Trinajstić information content (AvgIpc) is 3.28. The van der Waals surface area contributed by atoms with Gasteiger partial charge in [-0.15, -0.1) is 0 Å². The van der Waals surface area contributed by atoms with Crippen LogP contribution in [0.25, 0.3) is 0 Å². The second kappa shape index (κ2) is 10.3. The van der Waals surface area contributed by atoms with Crippen LogP contribution in [-0.4, -0.2) is 68.0 Å².